The number of hydrogen-bond acceptors (Lipinski definition) is 4. The van der Waals surface area contributed by atoms with Gasteiger partial charge in [-0.3, -0.25) is 0 Å². The van der Waals surface area contributed by atoms with Crippen LogP contribution in [0.15, 0.2) is 24.3 Å². The van der Waals surface area contributed by atoms with Gasteiger partial charge in [0.2, 0.25) is 0 Å². The lowest BCUT2D eigenvalue weighted by Crippen LogP contribution is -2.37. The highest BCUT2D eigenvalue weighted by atomic mass is 16.5. The van der Waals surface area contributed by atoms with Gasteiger partial charge in [0.25, 0.3) is 0 Å². The van der Waals surface area contributed by atoms with Gasteiger partial charge in [0, 0.05) is 0 Å². The summed E-state index contributed by atoms with van der Waals surface area (Å²) in [7, 11) is 1.34. The summed E-state index contributed by atoms with van der Waals surface area (Å²) in [6.45, 7) is 0. The van der Waals surface area contributed by atoms with Gasteiger partial charge in [0.05, 0.1) is 24.8 Å². The molecule has 0 unspecified atom stereocenters. The summed E-state index contributed by atoms with van der Waals surface area (Å²) in [6.07, 6.45) is 2.57. The Morgan fingerprint density at radius 3 is 2.67 bits per heavy atom. The minimum absolute atomic E-state index is 0.255. The van der Waals surface area contributed by atoms with E-state index in [1.807, 2.05) is 6.07 Å². The molecule has 0 amide bonds. The van der Waals surface area contributed by atoms with E-state index in [9.17, 15) is 9.90 Å². The molecule has 98 valence electrons. The summed E-state index contributed by atoms with van der Waals surface area (Å²) in [5.74, 6) is -0.160. The van der Waals surface area contributed by atoms with Crippen LogP contribution >= 0.6 is 0 Å². The van der Waals surface area contributed by atoms with Crippen molar-refractivity contribution in [3.8, 4) is 0 Å². The van der Waals surface area contributed by atoms with Crippen LogP contribution in [-0.2, 0) is 4.74 Å². The number of rotatable bonds is 4. The quantitative estimate of drug-likeness (QED) is 0.796. The van der Waals surface area contributed by atoms with Crippen molar-refractivity contribution in [2.24, 2.45) is 11.7 Å². The third kappa shape index (κ3) is 2.40. The topological polar surface area (TPSA) is 72.5 Å². The largest absolute Gasteiger partial charge is 0.465 e. The zero-order valence-corrected chi connectivity index (χ0v) is 10.5. The number of hydrogen-bond donors (Lipinski definition) is 2. The first-order valence-electron chi connectivity index (χ1n) is 6.26. The average molecular weight is 249 g/mol. The van der Waals surface area contributed by atoms with Crippen LogP contribution in [0, 0.1) is 5.92 Å². The molecular formula is C14H19NO3. The molecule has 1 saturated carbocycles. The normalized spacial score (nSPS) is 18.8. The third-order valence-corrected chi connectivity index (χ3v) is 3.73. The van der Waals surface area contributed by atoms with E-state index in [-0.39, 0.29) is 5.92 Å². The van der Waals surface area contributed by atoms with Crippen molar-refractivity contribution < 1.29 is 14.6 Å². The van der Waals surface area contributed by atoms with Crippen molar-refractivity contribution in [1.29, 1.82) is 0 Å². The highest BCUT2D eigenvalue weighted by Crippen LogP contribution is 2.35. The number of aliphatic hydroxyl groups excluding tert-OH is 1. The molecule has 18 heavy (non-hydrogen) atoms. The number of carbonyl (C=O) groups excluding carboxylic acids is 1. The van der Waals surface area contributed by atoms with Gasteiger partial charge in [0.1, 0.15) is 0 Å². The third-order valence-electron chi connectivity index (χ3n) is 3.73. The second-order valence-corrected chi connectivity index (χ2v) is 4.79. The Morgan fingerprint density at radius 2 is 2.11 bits per heavy atom. The molecule has 2 rings (SSSR count). The number of carbonyl (C=O) groups is 1. The van der Waals surface area contributed by atoms with Crippen LogP contribution < -0.4 is 5.73 Å². The summed E-state index contributed by atoms with van der Waals surface area (Å²) >= 11 is 0. The molecule has 1 aliphatic rings. The van der Waals surface area contributed by atoms with Crippen LogP contribution in [0.5, 0.6) is 0 Å². The SMILES string of the molecule is COC(=O)c1ccccc1[C@H](N)[C@H](O)C1CCC1. The molecule has 0 saturated heterocycles. The van der Waals surface area contributed by atoms with Crippen molar-refractivity contribution >= 4 is 5.97 Å². The first-order chi connectivity index (χ1) is 8.65. The van der Waals surface area contributed by atoms with Crippen molar-refractivity contribution in [1.82, 2.24) is 0 Å². The molecule has 0 heterocycles. The summed E-state index contributed by atoms with van der Waals surface area (Å²) in [5, 5.41) is 10.2. The number of benzene rings is 1. The highest BCUT2D eigenvalue weighted by molar-refractivity contribution is 5.91. The molecular weight excluding hydrogens is 230 g/mol. The number of nitrogens with two attached hydrogens (primary N) is 1. The molecule has 0 aromatic heterocycles. The maximum atomic E-state index is 11.7. The van der Waals surface area contributed by atoms with Crippen molar-refractivity contribution in [3.63, 3.8) is 0 Å². The number of methoxy groups -OCH3 is 1. The van der Waals surface area contributed by atoms with E-state index in [4.69, 9.17) is 10.5 Å². The maximum Gasteiger partial charge on any atom is 0.338 e. The highest BCUT2D eigenvalue weighted by Gasteiger charge is 2.32. The molecule has 1 aliphatic carbocycles. The fourth-order valence-corrected chi connectivity index (χ4v) is 2.34. The molecule has 0 spiro atoms. The lowest BCUT2D eigenvalue weighted by atomic mass is 9.77. The van der Waals surface area contributed by atoms with Gasteiger partial charge in [0.15, 0.2) is 0 Å². The Balaban J connectivity index is 2.23. The lowest BCUT2D eigenvalue weighted by Gasteiger charge is -2.34. The number of aliphatic hydroxyl groups is 1. The van der Waals surface area contributed by atoms with Gasteiger partial charge in [-0.15, -0.1) is 0 Å². The first-order valence-corrected chi connectivity index (χ1v) is 6.26. The van der Waals surface area contributed by atoms with Crippen LogP contribution in [0.4, 0.5) is 0 Å². The van der Waals surface area contributed by atoms with Crippen molar-refractivity contribution in [3.05, 3.63) is 35.4 Å². The van der Waals surface area contributed by atoms with Crippen molar-refractivity contribution in [2.75, 3.05) is 7.11 Å². The van der Waals surface area contributed by atoms with Crippen LogP contribution in [-0.4, -0.2) is 24.3 Å². The molecule has 0 radical (unpaired) electrons. The Hall–Kier alpha value is -1.39. The minimum Gasteiger partial charge on any atom is -0.465 e. The van der Waals surface area contributed by atoms with Gasteiger partial charge in [-0.1, -0.05) is 24.6 Å². The van der Waals surface area contributed by atoms with E-state index in [1.54, 1.807) is 18.2 Å². The number of ether oxygens (including phenoxy) is 1. The zero-order chi connectivity index (χ0) is 13.1. The predicted molar refractivity (Wildman–Crippen MR) is 68.1 cm³/mol. The summed E-state index contributed by atoms with van der Waals surface area (Å²) < 4.78 is 4.73. The molecule has 0 bridgehead atoms. The smallest absolute Gasteiger partial charge is 0.338 e. The molecule has 0 aliphatic heterocycles. The van der Waals surface area contributed by atoms with Crippen molar-refractivity contribution in [2.45, 2.75) is 31.4 Å². The molecule has 1 fully saturated rings. The van der Waals surface area contributed by atoms with Gasteiger partial charge in [-0.2, -0.15) is 0 Å². The molecule has 4 nitrogen and oxygen atoms in total. The summed E-state index contributed by atoms with van der Waals surface area (Å²) in [6, 6.07) is 6.49. The van der Waals surface area contributed by atoms with Crippen LogP contribution in [0.25, 0.3) is 0 Å². The Labute approximate surface area is 107 Å². The average Bonchev–Trinajstić information content (AvgIpc) is 2.34. The van der Waals surface area contributed by atoms with E-state index < -0.39 is 18.1 Å². The van der Waals surface area contributed by atoms with E-state index in [1.165, 1.54) is 7.11 Å². The fraction of sp³-hybridized carbons (Fsp3) is 0.500. The summed E-state index contributed by atoms with van der Waals surface area (Å²) in [5.41, 5.74) is 7.18. The van der Waals surface area contributed by atoms with Gasteiger partial charge in [-0.25, -0.2) is 4.79 Å². The fourth-order valence-electron chi connectivity index (χ4n) is 2.34. The molecule has 1 aromatic carbocycles. The maximum absolute atomic E-state index is 11.7. The first kappa shape index (κ1) is 13.1. The van der Waals surface area contributed by atoms with Gasteiger partial charge in [-0.05, 0) is 30.4 Å². The Bertz CT molecular complexity index is 429. The second kappa shape index (κ2) is 5.50. The molecule has 3 N–H and O–H groups in total. The van der Waals surface area contributed by atoms with Gasteiger partial charge < -0.3 is 15.6 Å². The van der Waals surface area contributed by atoms with Gasteiger partial charge >= 0.3 is 5.97 Å². The Kier molecular flexibility index (Phi) is 3.99. The lowest BCUT2D eigenvalue weighted by molar-refractivity contribution is 0.0404. The number of esters is 1. The van der Waals surface area contributed by atoms with E-state index >= 15 is 0 Å². The predicted octanol–water partition coefficient (Wildman–Crippen LogP) is 1.63. The van der Waals surface area contributed by atoms with Crippen LogP contribution in [0.2, 0.25) is 0 Å². The minimum atomic E-state index is -0.593. The monoisotopic (exact) mass is 249 g/mol. The summed E-state index contributed by atoms with van der Waals surface area (Å²) in [4.78, 5) is 11.7. The van der Waals surface area contributed by atoms with Crippen LogP contribution in [0.1, 0.15) is 41.2 Å². The molecule has 2 atom stereocenters. The van der Waals surface area contributed by atoms with Crippen LogP contribution in [0.3, 0.4) is 0 Å². The van der Waals surface area contributed by atoms with E-state index in [2.05, 4.69) is 0 Å². The molecule has 1 aromatic rings. The van der Waals surface area contributed by atoms with E-state index in [0.717, 1.165) is 19.3 Å². The Morgan fingerprint density at radius 1 is 1.44 bits per heavy atom. The van der Waals surface area contributed by atoms with E-state index in [0.29, 0.717) is 11.1 Å². The standard InChI is InChI=1S/C14H19NO3/c1-18-14(17)11-8-3-2-7-10(11)12(15)13(16)9-5-4-6-9/h2-3,7-9,12-13,16H,4-6,15H2,1H3/t12-,13+/m0/s1. The zero-order valence-electron chi connectivity index (χ0n) is 10.5. The second-order valence-electron chi connectivity index (χ2n) is 4.79. The molecule has 4 heteroatoms.